The van der Waals surface area contributed by atoms with Gasteiger partial charge in [-0.3, -0.25) is 0 Å². The van der Waals surface area contributed by atoms with Crippen molar-refractivity contribution in [2.45, 2.75) is 6.92 Å². The smallest absolute Gasteiger partial charge is 0.231 e. The first-order chi connectivity index (χ1) is 5.24. The molecule has 0 bridgehead atoms. The molecule has 1 aromatic heterocycles. The van der Waals surface area contributed by atoms with Gasteiger partial charge in [0.1, 0.15) is 0 Å². The molecule has 0 aliphatic carbocycles. The summed E-state index contributed by atoms with van der Waals surface area (Å²) in [5, 5.41) is 0. The molecule has 5 heteroatoms. The maximum atomic E-state index is 5.35. The zero-order chi connectivity index (χ0) is 8.27. The number of aromatic nitrogens is 2. The molecule has 1 heterocycles. The average Bonchev–Trinajstić information content (AvgIpc) is 1.98. The minimum absolute atomic E-state index is 0.244. The molecule has 0 atom stereocenters. The van der Waals surface area contributed by atoms with Gasteiger partial charge in [-0.05, 0) is 29.5 Å². The van der Waals surface area contributed by atoms with Crippen molar-refractivity contribution in [3.63, 3.8) is 0 Å². The maximum absolute atomic E-state index is 5.35. The number of rotatable bonds is 2. The van der Waals surface area contributed by atoms with E-state index < -0.39 is 0 Å². The van der Waals surface area contributed by atoms with Crippen molar-refractivity contribution in [1.82, 2.24) is 9.97 Å². The molecule has 0 radical (unpaired) electrons. The molecule has 1 aromatic rings. The van der Waals surface area contributed by atoms with Gasteiger partial charge in [0.25, 0.3) is 0 Å². The first kappa shape index (κ1) is 8.51. The third kappa shape index (κ3) is 2.18. The van der Waals surface area contributed by atoms with Crippen molar-refractivity contribution < 1.29 is 4.74 Å². The molecule has 0 aliphatic heterocycles. The van der Waals surface area contributed by atoms with Gasteiger partial charge in [-0.25, -0.2) is 4.98 Å². The fourth-order valence-electron chi connectivity index (χ4n) is 0.602. The Morgan fingerprint density at radius 2 is 2.45 bits per heavy atom. The Bertz CT molecular complexity index is 254. The van der Waals surface area contributed by atoms with E-state index in [1.165, 1.54) is 0 Å². The van der Waals surface area contributed by atoms with E-state index in [4.69, 9.17) is 10.5 Å². The molecule has 0 aromatic carbocycles. The number of nitrogen functional groups attached to an aromatic ring is 1. The zero-order valence-corrected chi connectivity index (χ0v) is 8.20. The molecule has 4 nitrogen and oxygen atoms in total. The van der Waals surface area contributed by atoms with Crippen LogP contribution in [0.15, 0.2) is 6.20 Å². The van der Waals surface area contributed by atoms with E-state index in [1.54, 1.807) is 6.20 Å². The van der Waals surface area contributed by atoms with Crippen LogP contribution in [-0.2, 0) is 0 Å². The number of ether oxygens (including phenoxy) is 1. The second-order valence-electron chi connectivity index (χ2n) is 1.81. The Morgan fingerprint density at radius 1 is 1.73 bits per heavy atom. The lowest BCUT2D eigenvalue weighted by Crippen LogP contribution is -2.01. The molecule has 0 aliphatic rings. The summed E-state index contributed by atoms with van der Waals surface area (Å²) in [5.41, 5.74) is 5.35. The SMILES string of the molecule is CCOc1nc(N)ncc1I. The van der Waals surface area contributed by atoms with E-state index in [2.05, 4.69) is 32.6 Å². The summed E-state index contributed by atoms with van der Waals surface area (Å²) >= 11 is 2.09. The predicted octanol–water partition coefficient (Wildman–Crippen LogP) is 1.06. The standard InChI is InChI=1S/C6H8IN3O/c1-2-11-5-4(7)3-9-6(8)10-5/h3H,2H2,1H3,(H2,8,9,10). The Labute approximate surface area is 78.3 Å². The van der Waals surface area contributed by atoms with E-state index in [0.717, 1.165) is 3.57 Å². The fourth-order valence-corrected chi connectivity index (χ4v) is 1.02. The molecular formula is C6H8IN3O. The van der Waals surface area contributed by atoms with Crippen LogP contribution >= 0.6 is 22.6 Å². The quantitative estimate of drug-likeness (QED) is 0.812. The summed E-state index contributed by atoms with van der Waals surface area (Å²) in [7, 11) is 0. The highest BCUT2D eigenvalue weighted by atomic mass is 127. The van der Waals surface area contributed by atoms with Crippen LogP contribution in [0.5, 0.6) is 5.88 Å². The highest BCUT2D eigenvalue weighted by Gasteiger charge is 2.01. The van der Waals surface area contributed by atoms with E-state index >= 15 is 0 Å². The Hall–Kier alpha value is -0.590. The van der Waals surface area contributed by atoms with Crippen LogP contribution in [0.2, 0.25) is 0 Å². The van der Waals surface area contributed by atoms with Gasteiger partial charge < -0.3 is 10.5 Å². The first-order valence-electron chi connectivity index (χ1n) is 3.15. The summed E-state index contributed by atoms with van der Waals surface area (Å²) in [4.78, 5) is 7.70. The predicted molar refractivity (Wildman–Crippen MR) is 50.3 cm³/mol. The normalized spacial score (nSPS) is 9.64. The van der Waals surface area contributed by atoms with Gasteiger partial charge in [-0.1, -0.05) is 0 Å². The van der Waals surface area contributed by atoms with Gasteiger partial charge in [-0.2, -0.15) is 4.98 Å². The number of hydrogen-bond acceptors (Lipinski definition) is 4. The number of nitrogens with two attached hydrogens (primary N) is 1. The van der Waals surface area contributed by atoms with Crippen LogP contribution in [0.25, 0.3) is 0 Å². The molecular weight excluding hydrogens is 257 g/mol. The van der Waals surface area contributed by atoms with E-state index in [0.29, 0.717) is 12.5 Å². The van der Waals surface area contributed by atoms with Crippen molar-refractivity contribution in [1.29, 1.82) is 0 Å². The molecule has 0 saturated heterocycles. The number of nitrogens with zero attached hydrogens (tertiary/aromatic N) is 2. The molecule has 2 N–H and O–H groups in total. The number of halogens is 1. The van der Waals surface area contributed by atoms with Crippen LogP contribution < -0.4 is 10.5 Å². The third-order valence-electron chi connectivity index (χ3n) is 1.01. The minimum Gasteiger partial charge on any atom is -0.477 e. The van der Waals surface area contributed by atoms with Gasteiger partial charge in [-0.15, -0.1) is 0 Å². The lowest BCUT2D eigenvalue weighted by molar-refractivity contribution is 0.324. The van der Waals surface area contributed by atoms with Crippen molar-refractivity contribution in [3.05, 3.63) is 9.77 Å². The molecule has 0 spiro atoms. The molecule has 0 amide bonds. The Balaban J connectivity index is 2.93. The molecule has 0 saturated carbocycles. The van der Waals surface area contributed by atoms with Crippen LogP contribution in [0.3, 0.4) is 0 Å². The van der Waals surface area contributed by atoms with Crippen LogP contribution in [0.4, 0.5) is 5.95 Å². The van der Waals surface area contributed by atoms with Crippen molar-refractivity contribution in [3.8, 4) is 5.88 Å². The zero-order valence-electron chi connectivity index (χ0n) is 6.04. The maximum Gasteiger partial charge on any atom is 0.231 e. The number of hydrogen-bond donors (Lipinski definition) is 1. The lowest BCUT2D eigenvalue weighted by Gasteiger charge is -2.03. The van der Waals surface area contributed by atoms with E-state index in [9.17, 15) is 0 Å². The minimum atomic E-state index is 0.244. The molecule has 1 rings (SSSR count). The van der Waals surface area contributed by atoms with Gasteiger partial charge in [0, 0.05) is 6.20 Å². The van der Waals surface area contributed by atoms with Gasteiger partial charge in [0.15, 0.2) is 0 Å². The summed E-state index contributed by atoms with van der Waals surface area (Å²) in [5.74, 6) is 0.800. The second kappa shape index (κ2) is 3.70. The molecule has 60 valence electrons. The summed E-state index contributed by atoms with van der Waals surface area (Å²) in [6, 6.07) is 0. The second-order valence-corrected chi connectivity index (χ2v) is 2.98. The van der Waals surface area contributed by atoms with Crippen molar-refractivity contribution >= 4 is 28.5 Å². The largest absolute Gasteiger partial charge is 0.477 e. The van der Waals surface area contributed by atoms with E-state index in [1.807, 2.05) is 6.92 Å². The van der Waals surface area contributed by atoms with Gasteiger partial charge in [0.2, 0.25) is 11.8 Å². The third-order valence-corrected chi connectivity index (χ3v) is 1.75. The Kier molecular flexibility index (Phi) is 2.86. The summed E-state index contributed by atoms with van der Waals surface area (Å²) in [6.07, 6.45) is 1.63. The topological polar surface area (TPSA) is 61.0 Å². The van der Waals surface area contributed by atoms with Gasteiger partial charge in [0.05, 0.1) is 10.2 Å². The molecule has 0 fully saturated rings. The monoisotopic (exact) mass is 265 g/mol. The van der Waals surface area contributed by atoms with Crippen LogP contribution in [0.1, 0.15) is 6.92 Å². The van der Waals surface area contributed by atoms with Gasteiger partial charge >= 0.3 is 0 Å². The van der Waals surface area contributed by atoms with Crippen LogP contribution in [-0.4, -0.2) is 16.6 Å². The molecule has 11 heavy (non-hydrogen) atoms. The molecule has 0 unspecified atom stereocenters. The van der Waals surface area contributed by atoms with Crippen molar-refractivity contribution in [2.24, 2.45) is 0 Å². The van der Waals surface area contributed by atoms with Crippen molar-refractivity contribution in [2.75, 3.05) is 12.3 Å². The number of anilines is 1. The first-order valence-corrected chi connectivity index (χ1v) is 4.22. The highest BCUT2D eigenvalue weighted by Crippen LogP contribution is 2.16. The Morgan fingerprint density at radius 3 is 3.09 bits per heavy atom. The summed E-state index contributed by atoms with van der Waals surface area (Å²) < 4.78 is 6.05. The van der Waals surface area contributed by atoms with Crippen LogP contribution in [0, 0.1) is 3.57 Å². The van der Waals surface area contributed by atoms with E-state index in [-0.39, 0.29) is 5.95 Å². The summed E-state index contributed by atoms with van der Waals surface area (Å²) in [6.45, 7) is 2.49. The average molecular weight is 265 g/mol. The fraction of sp³-hybridized carbons (Fsp3) is 0.333. The highest BCUT2D eigenvalue weighted by molar-refractivity contribution is 14.1. The lowest BCUT2D eigenvalue weighted by atomic mass is 10.6.